The van der Waals surface area contributed by atoms with Gasteiger partial charge in [-0.15, -0.1) is 0 Å². The van der Waals surface area contributed by atoms with Gasteiger partial charge >= 0.3 is 17.9 Å². The van der Waals surface area contributed by atoms with Crippen LogP contribution in [-0.4, -0.2) is 57.8 Å². The Kier molecular flexibility index (Phi) is 9.69. The molecular weight excluding hydrogens is 446 g/mol. The Bertz CT molecular complexity index is 835. The highest BCUT2D eigenvalue weighted by atomic mass is 16.6. The number of aliphatic carboxylic acids is 2. The topological polar surface area (TPSA) is 166 Å². The summed E-state index contributed by atoms with van der Waals surface area (Å²) >= 11 is 0. The molecule has 1 aliphatic rings. The number of aliphatic hydroxyl groups is 1. The maximum Gasteiger partial charge on any atom is 0.336 e. The van der Waals surface area contributed by atoms with E-state index in [1.54, 1.807) is 31.4 Å². The van der Waals surface area contributed by atoms with Crippen molar-refractivity contribution >= 4 is 17.9 Å². The van der Waals surface area contributed by atoms with Gasteiger partial charge < -0.3 is 29.5 Å². The fourth-order valence-corrected chi connectivity index (χ4v) is 4.45. The summed E-state index contributed by atoms with van der Waals surface area (Å²) in [6, 6.07) is 7.12. The number of methoxy groups -OCH3 is 1. The fourth-order valence-electron chi connectivity index (χ4n) is 4.45. The van der Waals surface area contributed by atoms with Crippen LogP contribution < -0.4 is 15.2 Å². The van der Waals surface area contributed by atoms with Crippen molar-refractivity contribution in [2.45, 2.75) is 82.1 Å². The van der Waals surface area contributed by atoms with Crippen molar-refractivity contribution in [2.24, 2.45) is 11.7 Å². The van der Waals surface area contributed by atoms with Crippen LogP contribution >= 0.6 is 0 Å². The van der Waals surface area contributed by atoms with Gasteiger partial charge in [0.25, 0.3) is 0 Å². The lowest BCUT2D eigenvalue weighted by atomic mass is 9.80. The van der Waals surface area contributed by atoms with E-state index in [2.05, 4.69) is 0 Å². The van der Waals surface area contributed by atoms with Crippen LogP contribution in [0.15, 0.2) is 24.3 Å². The quantitative estimate of drug-likeness (QED) is 0.198. The Balaban J connectivity index is 2.14. The first-order valence-corrected chi connectivity index (χ1v) is 11.4. The van der Waals surface area contributed by atoms with Gasteiger partial charge in [-0.3, -0.25) is 15.3 Å². The van der Waals surface area contributed by atoms with Gasteiger partial charge in [0.15, 0.2) is 11.8 Å². The van der Waals surface area contributed by atoms with Crippen molar-refractivity contribution in [1.29, 1.82) is 0 Å². The van der Waals surface area contributed by atoms with Crippen LogP contribution in [0.2, 0.25) is 0 Å². The molecule has 1 aromatic rings. The third kappa shape index (κ3) is 7.88. The number of carboxylic acid groups (broad SMARTS) is 2. The van der Waals surface area contributed by atoms with Gasteiger partial charge in [-0.1, -0.05) is 25.7 Å². The first kappa shape index (κ1) is 27.4. The van der Waals surface area contributed by atoms with Gasteiger partial charge in [-0.2, -0.15) is 0 Å². The number of esters is 1. The number of hydrogen-bond donors (Lipinski definition) is 4. The molecule has 10 nitrogen and oxygen atoms in total. The highest BCUT2D eigenvalue weighted by Crippen LogP contribution is 2.38. The molecule has 3 atom stereocenters. The van der Waals surface area contributed by atoms with E-state index in [-0.39, 0.29) is 12.3 Å². The normalized spacial score (nSPS) is 19.1. The van der Waals surface area contributed by atoms with E-state index in [9.17, 15) is 19.5 Å². The summed E-state index contributed by atoms with van der Waals surface area (Å²) in [6.45, 7) is 1.92. The second-order valence-electron chi connectivity index (χ2n) is 9.10. The maximum atomic E-state index is 12.3. The smallest absolute Gasteiger partial charge is 0.336 e. The van der Waals surface area contributed by atoms with E-state index in [1.165, 1.54) is 0 Å². The summed E-state index contributed by atoms with van der Waals surface area (Å²) in [6.07, 6.45) is 2.98. The Morgan fingerprint density at radius 2 is 1.59 bits per heavy atom. The molecule has 1 saturated carbocycles. The molecule has 190 valence electrons. The molecule has 1 aliphatic carbocycles. The van der Waals surface area contributed by atoms with E-state index in [4.69, 9.17) is 30.2 Å². The lowest BCUT2D eigenvalue weighted by molar-refractivity contribution is -0.174. The Labute approximate surface area is 199 Å². The van der Waals surface area contributed by atoms with Crippen molar-refractivity contribution in [3.8, 4) is 11.5 Å². The van der Waals surface area contributed by atoms with Crippen molar-refractivity contribution in [3.63, 3.8) is 0 Å². The molecular formula is C24H35NO9. The molecule has 0 amide bonds. The fraction of sp³-hybridized carbons (Fsp3) is 0.625. The molecule has 0 aromatic heterocycles. The lowest BCUT2D eigenvalue weighted by Gasteiger charge is -2.39. The van der Waals surface area contributed by atoms with Crippen LogP contribution in [0, 0.1) is 5.92 Å². The first-order chi connectivity index (χ1) is 16.0. The van der Waals surface area contributed by atoms with Gasteiger partial charge in [-0.25, -0.2) is 4.79 Å². The third-order valence-corrected chi connectivity index (χ3v) is 6.30. The zero-order valence-electron chi connectivity index (χ0n) is 19.7. The summed E-state index contributed by atoms with van der Waals surface area (Å²) in [4.78, 5) is 34.5. The molecule has 0 aliphatic heterocycles. The van der Waals surface area contributed by atoms with E-state index >= 15 is 0 Å². The molecule has 0 spiro atoms. The molecule has 5 N–H and O–H groups in total. The number of carbonyl (C=O) groups is 3. The largest absolute Gasteiger partial charge is 0.497 e. The predicted octanol–water partition coefficient (Wildman–Crippen LogP) is 2.70. The van der Waals surface area contributed by atoms with Crippen LogP contribution in [0.3, 0.4) is 0 Å². The van der Waals surface area contributed by atoms with Gasteiger partial charge in [-0.05, 0) is 49.9 Å². The molecule has 0 bridgehead atoms. The van der Waals surface area contributed by atoms with Gasteiger partial charge in [0.1, 0.15) is 17.1 Å². The number of ether oxygens (including phenoxy) is 3. The summed E-state index contributed by atoms with van der Waals surface area (Å²) in [5, 5.41) is 28.1. The Morgan fingerprint density at radius 1 is 1.03 bits per heavy atom. The highest BCUT2D eigenvalue weighted by Gasteiger charge is 2.43. The highest BCUT2D eigenvalue weighted by molar-refractivity contribution is 5.88. The van der Waals surface area contributed by atoms with Gasteiger partial charge in [0.2, 0.25) is 0 Å². The lowest BCUT2D eigenvalue weighted by Crippen LogP contribution is -2.48. The Hall–Kier alpha value is -2.85. The van der Waals surface area contributed by atoms with Crippen LogP contribution in [-0.2, 0) is 19.1 Å². The molecule has 1 aromatic carbocycles. The van der Waals surface area contributed by atoms with Crippen LogP contribution in [0.5, 0.6) is 11.5 Å². The summed E-state index contributed by atoms with van der Waals surface area (Å²) in [5.74, 6) is -3.06. The standard InChI is InChI=1S/C24H35NO9/c1-23(16-7-5-3-4-6-8-16,34-18-11-9-17(32-2)10-12-18)13-19(25)33-21(28)15-24(31,22(29)30)14-20(26)27/h9-12,16,19,31H,3-8,13-15,25H2,1-2H3,(H,26,27)(H,29,30). The van der Waals surface area contributed by atoms with Crippen molar-refractivity contribution in [3.05, 3.63) is 24.3 Å². The molecule has 0 saturated heterocycles. The molecule has 2 rings (SSSR count). The number of carboxylic acids is 2. The van der Waals surface area contributed by atoms with Crippen molar-refractivity contribution in [2.75, 3.05) is 7.11 Å². The minimum atomic E-state index is -2.78. The van der Waals surface area contributed by atoms with Crippen molar-refractivity contribution < 1.29 is 43.9 Å². The van der Waals surface area contributed by atoms with Crippen LogP contribution in [0.4, 0.5) is 0 Å². The van der Waals surface area contributed by atoms with Crippen molar-refractivity contribution in [1.82, 2.24) is 0 Å². The van der Waals surface area contributed by atoms with Crippen LogP contribution in [0.1, 0.15) is 64.7 Å². The average Bonchev–Trinajstić information content (AvgIpc) is 3.03. The zero-order valence-corrected chi connectivity index (χ0v) is 19.7. The first-order valence-electron chi connectivity index (χ1n) is 11.4. The summed E-state index contributed by atoms with van der Waals surface area (Å²) in [7, 11) is 1.57. The van der Waals surface area contributed by atoms with Crippen LogP contribution in [0.25, 0.3) is 0 Å². The number of carbonyl (C=O) groups excluding carboxylic acids is 1. The molecule has 0 heterocycles. The van der Waals surface area contributed by atoms with E-state index < -0.39 is 48.2 Å². The maximum absolute atomic E-state index is 12.3. The minimum absolute atomic E-state index is 0.125. The number of benzene rings is 1. The SMILES string of the molecule is COc1ccc(OC(C)(CC(N)OC(=O)CC(O)(CC(=O)O)C(=O)O)C2CCCCCC2)cc1. The van der Waals surface area contributed by atoms with E-state index in [0.29, 0.717) is 11.5 Å². The second-order valence-corrected chi connectivity index (χ2v) is 9.10. The monoisotopic (exact) mass is 481 g/mol. The van der Waals surface area contributed by atoms with E-state index in [0.717, 1.165) is 38.5 Å². The third-order valence-electron chi connectivity index (χ3n) is 6.30. The average molecular weight is 482 g/mol. The second kappa shape index (κ2) is 12.0. The number of hydrogen-bond acceptors (Lipinski definition) is 8. The predicted molar refractivity (Wildman–Crippen MR) is 121 cm³/mol. The number of rotatable bonds is 12. The summed E-state index contributed by atoms with van der Waals surface area (Å²) < 4.78 is 16.8. The molecule has 10 heteroatoms. The molecule has 3 unspecified atom stereocenters. The molecule has 1 fully saturated rings. The Morgan fingerprint density at radius 3 is 2.09 bits per heavy atom. The van der Waals surface area contributed by atoms with Gasteiger partial charge in [0.05, 0.1) is 20.0 Å². The number of nitrogens with two attached hydrogens (primary N) is 1. The van der Waals surface area contributed by atoms with E-state index in [1.807, 2.05) is 6.92 Å². The zero-order chi connectivity index (χ0) is 25.4. The van der Waals surface area contributed by atoms with Gasteiger partial charge in [0, 0.05) is 6.42 Å². The molecule has 34 heavy (non-hydrogen) atoms. The minimum Gasteiger partial charge on any atom is -0.497 e. The molecule has 0 radical (unpaired) electrons. The summed E-state index contributed by atoms with van der Waals surface area (Å²) in [5.41, 5.74) is 2.54.